The van der Waals surface area contributed by atoms with Crippen molar-refractivity contribution in [1.82, 2.24) is 20.3 Å². The predicted octanol–water partition coefficient (Wildman–Crippen LogP) is 2.57. The van der Waals surface area contributed by atoms with Crippen molar-refractivity contribution in [3.8, 4) is 0 Å². The van der Waals surface area contributed by atoms with E-state index in [-0.39, 0.29) is 22.8 Å². The molecule has 37 heavy (non-hydrogen) atoms. The SMILES string of the molecule is Cc1nc(N)ccc1CNC(=O)c1ccnc(Cc2ccc(Cc3ccc[nH]c3=O)c(S(C)(=O)=O)c2)c1. The molecule has 0 radical (unpaired) electrons. The minimum absolute atomic E-state index is 0.162. The molecule has 3 heterocycles. The summed E-state index contributed by atoms with van der Waals surface area (Å²) < 4.78 is 25.1. The van der Waals surface area contributed by atoms with Crippen LogP contribution in [-0.4, -0.2) is 35.5 Å². The van der Waals surface area contributed by atoms with Crippen molar-refractivity contribution in [1.29, 1.82) is 0 Å². The largest absolute Gasteiger partial charge is 0.384 e. The van der Waals surface area contributed by atoms with Crippen LogP contribution in [0.4, 0.5) is 5.82 Å². The number of aromatic nitrogens is 3. The van der Waals surface area contributed by atoms with Gasteiger partial charge in [0.05, 0.1) is 4.90 Å². The van der Waals surface area contributed by atoms with Crippen LogP contribution in [0.5, 0.6) is 0 Å². The highest BCUT2D eigenvalue weighted by atomic mass is 32.2. The number of rotatable bonds is 8. The van der Waals surface area contributed by atoms with Gasteiger partial charge in [-0.05, 0) is 53.9 Å². The smallest absolute Gasteiger partial charge is 0.251 e. The third-order valence-electron chi connectivity index (χ3n) is 5.93. The highest BCUT2D eigenvalue weighted by Crippen LogP contribution is 2.22. The van der Waals surface area contributed by atoms with Crippen molar-refractivity contribution < 1.29 is 13.2 Å². The first-order chi connectivity index (χ1) is 17.6. The molecule has 0 bridgehead atoms. The lowest BCUT2D eigenvalue weighted by Crippen LogP contribution is -2.23. The van der Waals surface area contributed by atoms with Crippen molar-refractivity contribution in [3.63, 3.8) is 0 Å². The fraction of sp³-hybridized carbons (Fsp3) is 0.185. The zero-order valence-electron chi connectivity index (χ0n) is 20.5. The quantitative estimate of drug-likeness (QED) is 0.325. The number of nitrogens with one attached hydrogen (secondary N) is 2. The van der Waals surface area contributed by atoms with Gasteiger partial charge in [0.2, 0.25) is 0 Å². The molecule has 0 aliphatic carbocycles. The van der Waals surface area contributed by atoms with Crippen molar-refractivity contribution >= 4 is 21.6 Å². The van der Waals surface area contributed by atoms with E-state index in [1.165, 1.54) is 6.20 Å². The number of carbonyl (C=O) groups excluding carboxylic acids is 1. The summed E-state index contributed by atoms with van der Waals surface area (Å²) in [6.07, 6.45) is 4.75. The zero-order valence-corrected chi connectivity index (χ0v) is 21.3. The maximum absolute atomic E-state index is 12.7. The van der Waals surface area contributed by atoms with Gasteiger partial charge in [-0.15, -0.1) is 0 Å². The summed E-state index contributed by atoms with van der Waals surface area (Å²) in [6, 6.07) is 15.3. The number of anilines is 1. The molecule has 0 atom stereocenters. The first kappa shape index (κ1) is 25.8. The number of carbonyl (C=O) groups is 1. The molecule has 0 saturated carbocycles. The Kier molecular flexibility index (Phi) is 7.49. The van der Waals surface area contributed by atoms with E-state index >= 15 is 0 Å². The second-order valence-corrected chi connectivity index (χ2v) is 10.8. The summed E-state index contributed by atoms with van der Waals surface area (Å²) in [5.41, 5.74) is 9.83. The molecule has 190 valence electrons. The normalized spacial score (nSPS) is 11.3. The average Bonchev–Trinajstić information content (AvgIpc) is 2.85. The molecule has 4 rings (SSSR count). The molecule has 0 unspecified atom stereocenters. The van der Waals surface area contributed by atoms with E-state index in [1.807, 2.05) is 19.1 Å². The van der Waals surface area contributed by atoms with Gasteiger partial charge in [0.25, 0.3) is 11.5 Å². The maximum atomic E-state index is 12.7. The molecule has 3 aromatic heterocycles. The Morgan fingerprint density at radius 3 is 2.54 bits per heavy atom. The molecule has 0 fully saturated rings. The topological polar surface area (TPSA) is 148 Å². The number of hydrogen-bond donors (Lipinski definition) is 3. The van der Waals surface area contributed by atoms with Crippen molar-refractivity contribution in [2.24, 2.45) is 0 Å². The summed E-state index contributed by atoms with van der Waals surface area (Å²) in [7, 11) is -3.55. The number of sulfone groups is 1. The standard InChI is InChI=1S/C27H27N5O4S/c1-17-22(7-8-25(28)32-17)16-31-27(34)21-9-11-29-23(15-21)12-18-5-6-19(24(13-18)37(2,35)36)14-20-4-3-10-30-26(20)33/h3-11,13,15H,12,14,16H2,1-2H3,(H2,28,32)(H,30,33)(H,31,34). The maximum Gasteiger partial charge on any atom is 0.251 e. The van der Waals surface area contributed by atoms with E-state index in [1.54, 1.807) is 48.7 Å². The second-order valence-electron chi connectivity index (χ2n) is 8.79. The monoisotopic (exact) mass is 517 g/mol. The lowest BCUT2D eigenvalue weighted by atomic mass is 10.0. The van der Waals surface area contributed by atoms with E-state index in [0.29, 0.717) is 41.2 Å². The third-order valence-corrected chi connectivity index (χ3v) is 7.11. The minimum atomic E-state index is -3.55. The number of nitrogen functional groups attached to an aromatic ring is 1. The molecule has 9 nitrogen and oxygen atoms in total. The number of aryl methyl sites for hydroxylation is 1. The van der Waals surface area contributed by atoms with Gasteiger partial charge in [-0.2, -0.15) is 0 Å². The number of pyridine rings is 3. The average molecular weight is 518 g/mol. The van der Waals surface area contributed by atoms with Gasteiger partial charge in [-0.25, -0.2) is 13.4 Å². The fourth-order valence-electron chi connectivity index (χ4n) is 4.00. The lowest BCUT2D eigenvalue weighted by Gasteiger charge is -2.11. The molecule has 0 saturated heterocycles. The van der Waals surface area contributed by atoms with Crippen LogP contribution in [0.2, 0.25) is 0 Å². The van der Waals surface area contributed by atoms with Gasteiger partial charge in [0, 0.05) is 60.6 Å². The Morgan fingerprint density at radius 2 is 1.81 bits per heavy atom. The number of amides is 1. The fourth-order valence-corrected chi connectivity index (χ4v) is 4.98. The van der Waals surface area contributed by atoms with E-state index in [2.05, 4.69) is 20.3 Å². The number of H-pyrrole nitrogens is 1. The van der Waals surface area contributed by atoms with Gasteiger partial charge in [0.15, 0.2) is 9.84 Å². The Morgan fingerprint density at radius 1 is 1.03 bits per heavy atom. The van der Waals surface area contributed by atoms with Crippen LogP contribution in [0.15, 0.2) is 76.7 Å². The van der Waals surface area contributed by atoms with E-state index in [0.717, 1.165) is 23.1 Å². The Hall–Kier alpha value is -4.31. The molecule has 0 spiro atoms. The molecule has 1 aromatic carbocycles. The number of benzene rings is 1. The van der Waals surface area contributed by atoms with Crippen LogP contribution < -0.4 is 16.6 Å². The first-order valence-electron chi connectivity index (χ1n) is 11.5. The Balaban J connectivity index is 1.52. The molecule has 4 N–H and O–H groups in total. The number of aromatic amines is 1. The van der Waals surface area contributed by atoms with Crippen LogP contribution >= 0.6 is 0 Å². The number of nitrogens with two attached hydrogens (primary N) is 1. The minimum Gasteiger partial charge on any atom is -0.384 e. The van der Waals surface area contributed by atoms with Gasteiger partial charge in [0.1, 0.15) is 5.82 Å². The molecule has 10 heteroatoms. The lowest BCUT2D eigenvalue weighted by molar-refractivity contribution is 0.0950. The van der Waals surface area contributed by atoms with Gasteiger partial charge in [-0.3, -0.25) is 14.6 Å². The number of hydrogen-bond acceptors (Lipinski definition) is 7. The summed E-state index contributed by atoms with van der Waals surface area (Å²) in [4.78, 5) is 36.1. The Bertz CT molecular complexity index is 1630. The molecule has 0 aliphatic heterocycles. The summed E-state index contributed by atoms with van der Waals surface area (Å²) in [5.74, 6) is 0.160. The van der Waals surface area contributed by atoms with E-state index < -0.39 is 9.84 Å². The van der Waals surface area contributed by atoms with Gasteiger partial charge < -0.3 is 16.0 Å². The predicted molar refractivity (Wildman–Crippen MR) is 141 cm³/mol. The van der Waals surface area contributed by atoms with Gasteiger partial charge in [-0.1, -0.05) is 24.3 Å². The number of nitrogens with zero attached hydrogens (tertiary/aromatic N) is 2. The molecule has 4 aromatic rings. The summed E-state index contributed by atoms with van der Waals surface area (Å²) in [5, 5.41) is 2.88. The third kappa shape index (κ3) is 6.47. The molecule has 1 amide bonds. The van der Waals surface area contributed by atoms with Crippen molar-refractivity contribution in [2.45, 2.75) is 31.2 Å². The molecular weight excluding hydrogens is 490 g/mol. The van der Waals surface area contributed by atoms with Crippen LogP contribution in [0.25, 0.3) is 0 Å². The first-order valence-corrected chi connectivity index (χ1v) is 13.4. The highest BCUT2D eigenvalue weighted by Gasteiger charge is 2.16. The van der Waals surface area contributed by atoms with Crippen molar-refractivity contribution in [3.05, 3.63) is 117 Å². The highest BCUT2D eigenvalue weighted by molar-refractivity contribution is 7.90. The van der Waals surface area contributed by atoms with Crippen LogP contribution in [0.3, 0.4) is 0 Å². The van der Waals surface area contributed by atoms with E-state index in [4.69, 9.17) is 5.73 Å². The van der Waals surface area contributed by atoms with Crippen molar-refractivity contribution in [2.75, 3.05) is 12.0 Å². The second kappa shape index (κ2) is 10.8. The van der Waals surface area contributed by atoms with Crippen LogP contribution in [0.1, 0.15) is 44.0 Å². The molecular formula is C27H27N5O4S. The van der Waals surface area contributed by atoms with E-state index in [9.17, 15) is 18.0 Å². The van der Waals surface area contributed by atoms with Crippen LogP contribution in [-0.2, 0) is 29.2 Å². The summed E-state index contributed by atoms with van der Waals surface area (Å²) in [6.45, 7) is 2.13. The Labute approximate surface area is 214 Å². The zero-order chi connectivity index (χ0) is 26.6. The van der Waals surface area contributed by atoms with Gasteiger partial charge >= 0.3 is 0 Å². The summed E-state index contributed by atoms with van der Waals surface area (Å²) >= 11 is 0. The van der Waals surface area contributed by atoms with Crippen LogP contribution in [0, 0.1) is 6.92 Å². The molecule has 0 aliphatic rings.